The van der Waals surface area contributed by atoms with Gasteiger partial charge in [0, 0.05) is 27.5 Å². The molecule has 248 valence electrons. The number of furan rings is 1. The van der Waals surface area contributed by atoms with Crippen LogP contribution in [-0.2, 0) is 0 Å². The minimum atomic E-state index is 0.621. The fourth-order valence-corrected chi connectivity index (χ4v) is 7.23. The maximum absolute atomic E-state index is 6.33. The Kier molecular flexibility index (Phi) is 7.43. The summed E-state index contributed by atoms with van der Waals surface area (Å²) < 4.78 is 6.33. The Morgan fingerprint density at radius 1 is 0.302 bits per heavy atom. The van der Waals surface area contributed by atoms with Crippen molar-refractivity contribution in [3.05, 3.63) is 188 Å². The lowest BCUT2D eigenvalue weighted by Crippen LogP contribution is -2.00. The van der Waals surface area contributed by atoms with Crippen LogP contribution >= 0.6 is 0 Å². The van der Waals surface area contributed by atoms with Crippen LogP contribution in [-0.4, -0.2) is 15.0 Å². The molecule has 0 bridgehead atoms. The van der Waals surface area contributed by atoms with E-state index in [4.69, 9.17) is 19.4 Å². The standard InChI is InChI=1S/C49H31N3O/c1-3-12-34(13-4-1)42-19-10-20-45-46(42)43-31-40(27-28-44(43)53-45)38-17-9-18-41(30-38)49-51-47(35-14-5-2-6-15-35)50-48(52-49)36-24-21-33(22-25-36)39-26-23-32-11-7-8-16-37(32)29-39/h1-31H. The van der Waals surface area contributed by atoms with Gasteiger partial charge < -0.3 is 4.42 Å². The van der Waals surface area contributed by atoms with Crippen LogP contribution in [0.3, 0.4) is 0 Å². The third-order valence-electron chi connectivity index (χ3n) is 9.93. The van der Waals surface area contributed by atoms with Gasteiger partial charge in [0.25, 0.3) is 0 Å². The minimum absolute atomic E-state index is 0.621. The van der Waals surface area contributed by atoms with E-state index in [1.165, 1.54) is 16.3 Å². The summed E-state index contributed by atoms with van der Waals surface area (Å²) >= 11 is 0. The fourth-order valence-electron chi connectivity index (χ4n) is 7.23. The van der Waals surface area contributed by atoms with E-state index in [1.54, 1.807) is 0 Å². The molecule has 4 nitrogen and oxygen atoms in total. The molecule has 2 heterocycles. The van der Waals surface area contributed by atoms with Crippen LogP contribution in [0.25, 0.3) is 100 Å². The van der Waals surface area contributed by atoms with Gasteiger partial charge in [-0.3, -0.25) is 0 Å². The lowest BCUT2D eigenvalue weighted by atomic mass is 9.97. The summed E-state index contributed by atoms with van der Waals surface area (Å²) in [5.74, 6) is 1.88. The molecule has 0 amide bonds. The first-order chi connectivity index (χ1) is 26.2. The average molecular weight is 678 g/mol. The molecule has 0 spiro atoms. The molecule has 8 aromatic carbocycles. The van der Waals surface area contributed by atoms with Gasteiger partial charge in [-0.2, -0.15) is 0 Å². The lowest BCUT2D eigenvalue weighted by molar-refractivity contribution is 0.669. The maximum atomic E-state index is 6.33. The number of hydrogen-bond acceptors (Lipinski definition) is 4. The molecule has 0 aliphatic carbocycles. The van der Waals surface area contributed by atoms with Crippen molar-refractivity contribution < 1.29 is 4.42 Å². The van der Waals surface area contributed by atoms with E-state index in [9.17, 15) is 0 Å². The van der Waals surface area contributed by atoms with Crippen molar-refractivity contribution in [1.82, 2.24) is 15.0 Å². The molecule has 0 N–H and O–H groups in total. The summed E-state index contributed by atoms with van der Waals surface area (Å²) in [5.41, 5.74) is 11.3. The highest BCUT2D eigenvalue weighted by Crippen LogP contribution is 2.39. The highest BCUT2D eigenvalue weighted by atomic mass is 16.3. The molecule has 0 saturated heterocycles. The Balaban J connectivity index is 1.05. The van der Waals surface area contributed by atoms with Crippen LogP contribution in [0.1, 0.15) is 0 Å². The van der Waals surface area contributed by atoms with Gasteiger partial charge in [0.15, 0.2) is 17.5 Å². The second-order valence-electron chi connectivity index (χ2n) is 13.3. The van der Waals surface area contributed by atoms with Gasteiger partial charge in [0.05, 0.1) is 0 Å². The van der Waals surface area contributed by atoms with Crippen molar-refractivity contribution in [2.45, 2.75) is 0 Å². The van der Waals surface area contributed by atoms with E-state index in [0.29, 0.717) is 17.5 Å². The molecule has 0 radical (unpaired) electrons. The highest BCUT2D eigenvalue weighted by Gasteiger charge is 2.16. The van der Waals surface area contributed by atoms with Gasteiger partial charge in [0.1, 0.15) is 11.2 Å². The average Bonchev–Trinajstić information content (AvgIpc) is 3.62. The molecule has 0 atom stereocenters. The molecule has 10 aromatic rings. The summed E-state index contributed by atoms with van der Waals surface area (Å²) in [6.07, 6.45) is 0. The second kappa shape index (κ2) is 12.9. The van der Waals surface area contributed by atoms with Crippen molar-refractivity contribution in [3.8, 4) is 67.5 Å². The maximum Gasteiger partial charge on any atom is 0.164 e. The van der Waals surface area contributed by atoms with Crippen molar-refractivity contribution in [2.24, 2.45) is 0 Å². The van der Waals surface area contributed by atoms with E-state index >= 15 is 0 Å². The van der Waals surface area contributed by atoms with Crippen LogP contribution in [0.5, 0.6) is 0 Å². The van der Waals surface area contributed by atoms with E-state index in [2.05, 4.69) is 146 Å². The first-order valence-electron chi connectivity index (χ1n) is 17.8. The number of hydrogen-bond donors (Lipinski definition) is 0. The van der Waals surface area contributed by atoms with Crippen molar-refractivity contribution in [2.75, 3.05) is 0 Å². The van der Waals surface area contributed by atoms with E-state index < -0.39 is 0 Å². The van der Waals surface area contributed by atoms with Gasteiger partial charge in [-0.05, 0) is 74.5 Å². The summed E-state index contributed by atoms with van der Waals surface area (Å²) in [5, 5.41) is 4.66. The van der Waals surface area contributed by atoms with Crippen LogP contribution in [0.2, 0.25) is 0 Å². The second-order valence-corrected chi connectivity index (χ2v) is 13.3. The Morgan fingerprint density at radius 3 is 1.60 bits per heavy atom. The topological polar surface area (TPSA) is 51.8 Å². The van der Waals surface area contributed by atoms with Gasteiger partial charge in [0.2, 0.25) is 0 Å². The third kappa shape index (κ3) is 5.73. The fraction of sp³-hybridized carbons (Fsp3) is 0. The van der Waals surface area contributed by atoms with Gasteiger partial charge in [-0.1, -0.05) is 158 Å². The molecule has 0 unspecified atom stereocenters. The van der Waals surface area contributed by atoms with Crippen LogP contribution in [0.15, 0.2) is 192 Å². The van der Waals surface area contributed by atoms with Crippen LogP contribution in [0.4, 0.5) is 0 Å². The normalized spacial score (nSPS) is 11.4. The zero-order valence-electron chi connectivity index (χ0n) is 28.6. The molecule has 53 heavy (non-hydrogen) atoms. The summed E-state index contributed by atoms with van der Waals surface area (Å²) in [6.45, 7) is 0. The lowest BCUT2D eigenvalue weighted by Gasteiger charge is -2.10. The van der Waals surface area contributed by atoms with Gasteiger partial charge in [-0.15, -0.1) is 0 Å². The number of benzene rings is 8. The number of rotatable bonds is 6. The van der Waals surface area contributed by atoms with E-state index in [0.717, 1.165) is 66.4 Å². The number of nitrogens with zero attached hydrogens (tertiary/aromatic N) is 3. The molecule has 0 aliphatic heterocycles. The summed E-state index contributed by atoms with van der Waals surface area (Å²) in [7, 11) is 0. The molecular formula is C49H31N3O. The Morgan fingerprint density at radius 2 is 0.830 bits per heavy atom. The van der Waals surface area contributed by atoms with Crippen LogP contribution in [0, 0.1) is 0 Å². The first-order valence-corrected chi connectivity index (χ1v) is 17.8. The first kappa shape index (κ1) is 30.6. The zero-order chi connectivity index (χ0) is 35.1. The predicted octanol–water partition coefficient (Wildman–Crippen LogP) is 12.9. The SMILES string of the molecule is c1ccc(-c2nc(-c3ccc(-c4ccc5ccccc5c4)cc3)nc(-c3cccc(-c4ccc5oc6cccc(-c7ccccc7)c6c5c4)c3)n2)cc1. The summed E-state index contributed by atoms with van der Waals surface area (Å²) in [6, 6.07) is 65.2. The Labute approximate surface area is 306 Å². The molecular weight excluding hydrogens is 647 g/mol. The molecule has 10 rings (SSSR count). The molecule has 0 saturated carbocycles. The molecule has 0 fully saturated rings. The van der Waals surface area contributed by atoms with Crippen molar-refractivity contribution in [3.63, 3.8) is 0 Å². The molecule has 4 heteroatoms. The monoisotopic (exact) mass is 677 g/mol. The van der Waals surface area contributed by atoms with Crippen molar-refractivity contribution >= 4 is 32.7 Å². The third-order valence-corrected chi connectivity index (χ3v) is 9.93. The van der Waals surface area contributed by atoms with E-state index in [1.807, 2.05) is 42.5 Å². The largest absolute Gasteiger partial charge is 0.456 e. The van der Waals surface area contributed by atoms with Crippen LogP contribution < -0.4 is 0 Å². The predicted molar refractivity (Wildman–Crippen MR) is 217 cm³/mol. The molecule has 0 aliphatic rings. The summed E-state index contributed by atoms with van der Waals surface area (Å²) in [4.78, 5) is 15.1. The number of fused-ring (bicyclic) bond motifs is 4. The molecule has 2 aromatic heterocycles. The minimum Gasteiger partial charge on any atom is -0.456 e. The number of aromatic nitrogens is 3. The zero-order valence-corrected chi connectivity index (χ0v) is 28.6. The highest BCUT2D eigenvalue weighted by molar-refractivity contribution is 6.13. The Bertz CT molecular complexity index is 2930. The van der Waals surface area contributed by atoms with Crippen molar-refractivity contribution in [1.29, 1.82) is 0 Å². The van der Waals surface area contributed by atoms with E-state index in [-0.39, 0.29) is 0 Å². The van der Waals surface area contributed by atoms with Gasteiger partial charge in [-0.25, -0.2) is 15.0 Å². The quantitative estimate of drug-likeness (QED) is 0.176. The van der Waals surface area contributed by atoms with Gasteiger partial charge >= 0.3 is 0 Å². The smallest absolute Gasteiger partial charge is 0.164 e. The Hall–Kier alpha value is -7.17.